The van der Waals surface area contributed by atoms with Crippen LogP contribution in [0.4, 0.5) is 0 Å². The SMILES string of the molecule is CCOC(=O)CCN(CCC(=O)OCC)CC(=O)OCC. The quantitative estimate of drug-likeness (QED) is 0.411. The van der Waals surface area contributed by atoms with Gasteiger partial charge in [-0.2, -0.15) is 0 Å². The lowest BCUT2D eigenvalue weighted by molar-refractivity contribution is -0.148. The summed E-state index contributed by atoms with van der Waals surface area (Å²) >= 11 is 0. The van der Waals surface area contributed by atoms with Gasteiger partial charge < -0.3 is 14.2 Å². The van der Waals surface area contributed by atoms with Gasteiger partial charge in [0, 0.05) is 13.1 Å². The minimum atomic E-state index is -0.384. The van der Waals surface area contributed by atoms with E-state index in [1.807, 2.05) is 0 Å². The first-order valence-electron chi connectivity index (χ1n) is 7.22. The predicted molar refractivity (Wildman–Crippen MR) is 75.6 cm³/mol. The van der Waals surface area contributed by atoms with Crippen molar-refractivity contribution in [3.63, 3.8) is 0 Å². The molecule has 0 atom stereocenters. The smallest absolute Gasteiger partial charge is 0.320 e. The van der Waals surface area contributed by atoms with E-state index in [0.717, 1.165) is 0 Å². The Morgan fingerprint density at radius 2 is 1.10 bits per heavy atom. The predicted octanol–water partition coefficient (Wildman–Crippen LogP) is 0.758. The lowest BCUT2D eigenvalue weighted by Gasteiger charge is -2.20. The van der Waals surface area contributed by atoms with Crippen LogP contribution in [0.25, 0.3) is 0 Å². The van der Waals surface area contributed by atoms with Crippen molar-refractivity contribution < 1.29 is 28.6 Å². The van der Waals surface area contributed by atoms with Crippen molar-refractivity contribution in [1.29, 1.82) is 0 Å². The molecule has 21 heavy (non-hydrogen) atoms. The van der Waals surface area contributed by atoms with E-state index in [-0.39, 0.29) is 37.3 Å². The van der Waals surface area contributed by atoms with Crippen molar-refractivity contribution in [2.75, 3.05) is 39.5 Å². The average Bonchev–Trinajstić information content (AvgIpc) is 2.42. The van der Waals surface area contributed by atoms with Gasteiger partial charge >= 0.3 is 17.9 Å². The summed E-state index contributed by atoms with van der Waals surface area (Å²) in [5.74, 6) is -1.05. The van der Waals surface area contributed by atoms with Crippen LogP contribution in [-0.4, -0.2) is 62.3 Å². The molecule has 0 saturated heterocycles. The van der Waals surface area contributed by atoms with Gasteiger partial charge in [-0.25, -0.2) is 0 Å². The molecule has 0 aromatic carbocycles. The van der Waals surface area contributed by atoms with Crippen LogP contribution in [0.2, 0.25) is 0 Å². The lowest BCUT2D eigenvalue weighted by Crippen LogP contribution is -2.35. The fraction of sp³-hybridized carbons (Fsp3) is 0.786. The second-order valence-corrected chi connectivity index (χ2v) is 4.19. The van der Waals surface area contributed by atoms with E-state index in [4.69, 9.17) is 14.2 Å². The average molecular weight is 303 g/mol. The van der Waals surface area contributed by atoms with Crippen molar-refractivity contribution in [3.8, 4) is 0 Å². The molecule has 0 aliphatic heterocycles. The first-order chi connectivity index (χ1) is 10.0. The summed E-state index contributed by atoms with van der Waals surface area (Å²) in [5.41, 5.74) is 0. The maximum absolute atomic E-state index is 11.5. The third-order valence-corrected chi connectivity index (χ3v) is 2.53. The molecule has 0 fully saturated rings. The Bertz CT molecular complexity index is 309. The highest BCUT2D eigenvalue weighted by Gasteiger charge is 2.15. The third-order valence-electron chi connectivity index (χ3n) is 2.53. The van der Waals surface area contributed by atoms with Crippen LogP contribution in [-0.2, 0) is 28.6 Å². The van der Waals surface area contributed by atoms with Crippen LogP contribution in [0.15, 0.2) is 0 Å². The summed E-state index contributed by atoms with van der Waals surface area (Å²) in [4.78, 5) is 35.9. The standard InChI is InChI=1S/C14H25NO6/c1-4-19-12(16)7-9-15(11-14(18)21-6-3)10-8-13(17)20-5-2/h4-11H2,1-3H3. The van der Waals surface area contributed by atoms with Crippen LogP contribution >= 0.6 is 0 Å². The van der Waals surface area contributed by atoms with Crippen molar-refractivity contribution >= 4 is 17.9 Å². The number of rotatable bonds is 11. The van der Waals surface area contributed by atoms with E-state index >= 15 is 0 Å². The topological polar surface area (TPSA) is 82.1 Å². The van der Waals surface area contributed by atoms with Crippen molar-refractivity contribution in [2.24, 2.45) is 0 Å². The Morgan fingerprint density at radius 3 is 1.48 bits per heavy atom. The van der Waals surface area contributed by atoms with Crippen molar-refractivity contribution in [3.05, 3.63) is 0 Å². The molecule has 0 rings (SSSR count). The number of hydrogen-bond donors (Lipinski definition) is 0. The molecule has 7 nitrogen and oxygen atoms in total. The largest absolute Gasteiger partial charge is 0.466 e. The Kier molecular flexibility index (Phi) is 11.2. The van der Waals surface area contributed by atoms with E-state index in [1.165, 1.54) is 0 Å². The maximum atomic E-state index is 11.5. The minimum Gasteiger partial charge on any atom is -0.466 e. The lowest BCUT2D eigenvalue weighted by atomic mass is 10.3. The molecule has 0 bridgehead atoms. The molecular formula is C14H25NO6. The molecular weight excluding hydrogens is 278 g/mol. The van der Waals surface area contributed by atoms with Gasteiger partial charge in [-0.1, -0.05) is 0 Å². The number of carbonyl (C=O) groups is 3. The Labute approximate surface area is 125 Å². The number of carbonyl (C=O) groups excluding carboxylic acids is 3. The van der Waals surface area contributed by atoms with E-state index in [2.05, 4.69) is 0 Å². The number of ether oxygens (including phenoxy) is 3. The van der Waals surface area contributed by atoms with Gasteiger partial charge in [-0.3, -0.25) is 19.3 Å². The molecule has 0 N–H and O–H groups in total. The molecule has 0 heterocycles. The summed E-state index contributed by atoms with van der Waals surface area (Å²) in [6.45, 7) is 6.81. The second-order valence-electron chi connectivity index (χ2n) is 4.19. The molecule has 0 aliphatic carbocycles. The second kappa shape index (κ2) is 12.1. The molecule has 0 aromatic rings. The highest BCUT2D eigenvalue weighted by Crippen LogP contribution is 1.99. The molecule has 0 aromatic heterocycles. The van der Waals surface area contributed by atoms with Crippen molar-refractivity contribution in [2.45, 2.75) is 33.6 Å². The van der Waals surface area contributed by atoms with Gasteiger partial charge in [0.1, 0.15) is 0 Å². The van der Waals surface area contributed by atoms with Crippen LogP contribution in [0.5, 0.6) is 0 Å². The summed E-state index contributed by atoms with van der Waals surface area (Å²) in [7, 11) is 0. The van der Waals surface area contributed by atoms with E-state index in [1.54, 1.807) is 25.7 Å². The number of esters is 3. The first-order valence-corrected chi connectivity index (χ1v) is 7.22. The molecule has 0 unspecified atom stereocenters. The number of hydrogen-bond acceptors (Lipinski definition) is 7. The van der Waals surface area contributed by atoms with E-state index in [9.17, 15) is 14.4 Å². The molecule has 0 radical (unpaired) electrons. The zero-order valence-corrected chi connectivity index (χ0v) is 13.1. The minimum absolute atomic E-state index is 0.0344. The number of nitrogens with zero attached hydrogens (tertiary/aromatic N) is 1. The summed E-state index contributed by atoms with van der Waals surface area (Å²) in [6, 6.07) is 0. The summed E-state index contributed by atoms with van der Waals surface area (Å²) in [5, 5.41) is 0. The molecule has 0 amide bonds. The maximum Gasteiger partial charge on any atom is 0.320 e. The van der Waals surface area contributed by atoms with Crippen LogP contribution < -0.4 is 0 Å². The Hall–Kier alpha value is -1.63. The highest BCUT2D eigenvalue weighted by molar-refractivity contribution is 5.73. The summed E-state index contributed by atoms with van der Waals surface area (Å²) < 4.78 is 14.5. The van der Waals surface area contributed by atoms with Crippen LogP contribution in [0, 0.1) is 0 Å². The van der Waals surface area contributed by atoms with E-state index in [0.29, 0.717) is 32.9 Å². The molecule has 7 heteroatoms. The zero-order chi connectivity index (χ0) is 16.1. The summed E-state index contributed by atoms with van der Waals surface area (Å²) in [6.07, 6.45) is 0.326. The monoisotopic (exact) mass is 303 g/mol. The van der Waals surface area contributed by atoms with Gasteiger partial charge in [0.2, 0.25) is 0 Å². The van der Waals surface area contributed by atoms with Crippen molar-refractivity contribution in [1.82, 2.24) is 4.90 Å². The first kappa shape index (κ1) is 19.4. The molecule has 0 saturated carbocycles. The van der Waals surface area contributed by atoms with Gasteiger partial charge in [-0.15, -0.1) is 0 Å². The van der Waals surface area contributed by atoms with Gasteiger partial charge in [-0.05, 0) is 20.8 Å². The fourth-order valence-electron chi connectivity index (χ4n) is 1.62. The molecule has 122 valence electrons. The van der Waals surface area contributed by atoms with Gasteiger partial charge in [0.25, 0.3) is 0 Å². The normalized spacial score (nSPS) is 10.3. The highest BCUT2D eigenvalue weighted by atomic mass is 16.5. The van der Waals surface area contributed by atoms with Gasteiger partial charge in [0.15, 0.2) is 0 Å². The van der Waals surface area contributed by atoms with Gasteiger partial charge in [0.05, 0.1) is 39.2 Å². The third kappa shape index (κ3) is 10.8. The Balaban J connectivity index is 4.29. The Morgan fingerprint density at radius 1 is 0.714 bits per heavy atom. The zero-order valence-electron chi connectivity index (χ0n) is 13.1. The van der Waals surface area contributed by atoms with Crippen LogP contribution in [0.1, 0.15) is 33.6 Å². The molecule has 0 spiro atoms. The fourth-order valence-corrected chi connectivity index (χ4v) is 1.62. The van der Waals surface area contributed by atoms with Crippen LogP contribution in [0.3, 0.4) is 0 Å². The van der Waals surface area contributed by atoms with E-state index < -0.39 is 0 Å². The molecule has 0 aliphatic rings.